The molecule has 0 aliphatic carbocycles. The summed E-state index contributed by atoms with van der Waals surface area (Å²) in [6, 6.07) is 8.93. The number of nitrogens with one attached hydrogen (secondary N) is 3. The molecule has 1 atom stereocenters. The topological polar surface area (TPSA) is 96.1 Å². The average molecular weight is 300 g/mol. The second-order valence-corrected chi connectivity index (χ2v) is 5.08. The number of carbonyl (C=O) groups is 2. The van der Waals surface area contributed by atoms with Crippen LogP contribution in [0.5, 0.6) is 5.75 Å². The number of carbonyl (C=O) groups excluding carboxylic acids is 2. The Morgan fingerprint density at radius 1 is 1.41 bits per heavy atom. The van der Waals surface area contributed by atoms with E-state index in [1.54, 1.807) is 13.2 Å². The highest BCUT2D eigenvalue weighted by Crippen LogP contribution is 2.22. The van der Waals surface area contributed by atoms with Crippen LogP contribution in [-0.2, 0) is 4.79 Å². The number of amides is 2. The molecule has 1 aromatic heterocycles. The van der Waals surface area contributed by atoms with Gasteiger partial charge in [-0.05, 0) is 18.2 Å². The highest BCUT2D eigenvalue weighted by molar-refractivity contribution is 5.94. The van der Waals surface area contributed by atoms with Crippen molar-refractivity contribution in [3.63, 3.8) is 0 Å². The number of H-pyrrole nitrogens is 1. The minimum Gasteiger partial charge on any atom is -0.497 e. The molecule has 0 unspecified atom stereocenters. The van der Waals surface area contributed by atoms with Crippen molar-refractivity contribution in [2.75, 3.05) is 13.7 Å². The molecule has 2 heterocycles. The smallest absolute Gasteiger partial charge is 0.269 e. The first kappa shape index (κ1) is 14.1. The summed E-state index contributed by atoms with van der Waals surface area (Å²) < 4.78 is 5.17. The second kappa shape index (κ2) is 5.88. The van der Waals surface area contributed by atoms with Crippen LogP contribution in [0.4, 0.5) is 0 Å². The SMILES string of the molecule is COc1cccc(-c2cc(C(=O)N[C@H]3CNC(=O)C3)[nH]n2)c1. The number of nitrogens with zero attached hydrogens (tertiary/aromatic N) is 1. The summed E-state index contributed by atoms with van der Waals surface area (Å²) in [4.78, 5) is 23.3. The first-order valence-corrected chi connectivity index (χ1v) is 6.93. The lowest BCUT2D eigenvalue weighted by Crippen LogP contribution is -2.36. The molecule has 0 radical (unpaired) electrons. The first-order valence-electron chi connectivity index (χ1n) is 6.93. The van der Waals surface area contributed by atoms with Crippen molar-refractivity contribution >= 4 is 11.8 Å². The third-order valence-corrected chi connectivity index (χ3v) is 3.50. The number of rotatable bonds is 4. The van der Waals surface area contributed by atoms with Crippen LogP contribution in [-0.4, -0.2) is 41.7 Å². The van der Waals surface area contributed by atoms with Crippen LogP contribution < -0.4 is 15.4 Å². The number of benzene rings is 1. The monoisotopic (exact) mass is 300 g/mol. The summed E-state index contributed by atoms with van der Waals surface area (Å²) in [5, 5.41) is 12.3. The van der Waals surface area contributed by atoms with Crippen LogP contribution in [0.3, 0.4) is 0 Å². The summed E-state index contributed by atoms with van der Waals surface area (Å²) in [6.07, 6.45) is 0.308. The van der Waals surface area contributed by atoms with Gasteiger partial charge in [-0.1, -0.05) is 12.1 Å². The van der Waals surface area contributed by atoms with Crippen LogP contribution in [0, 0.1) is 0 Å². The molecule has 2 aromatic rings. The van der Waals surface area contributed by atoms with Gasteiger partial charge in [-0.15, -0.1) is 0 Å². The summed E-state index contributed by atoms with van der Waals surface area (Å²) in [7, 11) is 1.60. The standard InChI is InChI=1S/C15H16N4O3/c1-22-11-4-2-3-9(5-11)12-7-13(19-18-12)15(21)17-10-6-14(20)16-8-10/h2-5,7,10H,6,8H2,1H3,(H,16,20)(H,17,21)(H,18,19)/t10-/m1/s1. The van der Waals surface area contributed by atoms with Crippen molar-refractivity contribution in [1.29, 1.82) is 0 Å². The Bertz CT molecular complexity index is 710. The summed E-state index contributed by atoms with van der Waals surface area (Å²) in [5.41, 5.74) is 1.87. The van der Waals surface area contributed by atoms with Gasteiger partial charge >= 0.3 is 0 Å². The van der Waals surface area contributed by atoms with Gasteiger partial charge in [-0.25, -0.2) is 0 Å². The molecule has 7 heteroatoms. The maximum absolute atomic E-state index is 12.1. The average Bonchev–Trinajstić information content (AvgIpc) is 3.16. The van der Waals surface area contributed by atoms with Crippen molar-refractivity contribution in [3.8, 4) is 17.0 Å². The molecule has 1 saturated heterocycles. The fourth-order valence-electron chi connectivity index (χ4n) is 2.34. The van der Waals surface area contributed by atoms with Gasteiger partial charge in [0.1, 0.15) is 11.4 Å². The molecule has 1 fully saturated rings. The van der Waals surface area contributed by atoms with Crippen LogP contribution in [0.15, 0.2) is 30.3 Å². The van der Waals surface area contributed by atoms with Gasteiger partial charge in [0.15, 0.2) is 0 Å². The van der Waals surface area contributed by atoms with Gasteiger partial charge in [-0.3, -0.25) is 14.7 Å². The summed E-state index contributed by atoms with van der Waals surface area (Å²) in [6.45, 7) is 0.460. The third-order valence-electron chi connectivity index (χ3n) is 3.50. The second-order valence-electron chi connectivity index (χ2n) is 5.08. The fraction of sp³-hybridized carbons (Fsp3) is 0.267. The minimum atomic E-state index is -0.275. The predicted octanol–water partition coefficient (Wildman–Crippen LogP) is 0.704. The number of methoxy groups -OCH3 is 1. The Kier molecular flexibility index (Phi) is 3.78. The molecule has 3 rings (SSSR count). The molecule has 114 valence electrons. The van der Waals surface area contributed by atoms with E-state index in [-0.39, 0.29) is 17.9 Å². The first-order chi connectivity index (χ1) is 10.7. The van der Waals surface area contributed by atoms with Crippen molar-refractivity contribution in [2.24, 2.45) is 0 Å². The highest BCUT2D eigenvalue weighted by atomic mass is 16.5. The van der Waals surface area contributed by atoms with Gasteiger partial charge in [-0.2, -0.15) is 5.10 Å². The maximum Gasteiger partial charge on any atom is 0.269 e. The Hall–Kier alpha value is -2.83. The Morgan fingerprint density at radius 2 is 2.27 bits per heavy atom. The predicted molar refractivity (Wildman–Crippen MR) is 79.5 cm³/mol. The molecule has 0 spiro atoms. The van der Waals surface area contributed by atoms with Crippen molar-refractivity contribution in [1.82, 2.24) is 20.8 Å². The highest BCUT2D eigenvalue weighted by Gasteiger charge is 2.24. The van der Waals surface area contributed by atoms with E-state index in [4.69, 9.17) is 4.74 Å². The van der Waals surface area contributed by atoms with Crippen LogP contribution in [0.1, 0.15) is 16.9 Å². The lowest BCUT2D eigenvalue weighted by Gasteiger charge is -2.08. The van der Waals surface area contributed by atoms with Crippen LogP contribution >= 0.6 is 0 Å². The number of aromatic amines is 1. The van der Waals surface area contributed by atoms with Crippen LogP contribution in [0.2, 0.25) is 0 Å². The molecule has 0 saturated carbocycles. The number of hydrogen-bond donors (Lipinski definition) is 3. The molecule has 3 N–H and O–H groups in total. The summed E-state index contributed by atoms with van der Waals surface area (Å²) in [5.74, 6) is 0.400. The van der Waals surface area contributed by atoms with E-state index in [0.29, 0.717) is 24.4 Å². The molecule has 7 nitrogen and oxygen atoms in total. The van der Waals surface area contributed by atoms with Gasteiger partial charge in [0.05, 0.1) is 18.8 Å². The van der Waals surface area contributed by atoms with E-state index < -0.39 is 0 Å². The minimum absolute atomic E-state index is 0.0491. The zero-order valence-corrected chi connectivity index (χ0v) is 12.1. The maximum atomic E-state index is 12.1. The van der Waals surface area contributed by atoms with E-state index in [0.717, 1.165) is 11.3 Å². The van der Waals surface area contributed by atoms with Crippen molar-refractivity contribution in [2.45, 2.75) is 12.5 Å². The quantitative estimate of drug-likeness (QED) is 0.774. The number of hydrogen-bond acceptors (Lipinski definition) is 4. The fourth-order valence-corrected chi connectivity index (χ4v) is 2.34. The van der Waals surface area contributed by atoms with Crippen molar-refractivity contribution < 1.29 is 14.3 Å². The molecule has 1 aliphatic rings. The van der Waals surface area contributed by atoms with Crippen molar-refractivity contribution in [3.05, 3.63) is 36.0 Å². The number of aromatic nitrogens is 2. The molecule has 2 amide bonds. The van der Waals surface area contributed by atoms with Gasteiger partial charge < -0.3 is 15.4 Å². The Balaban J connectivity index is 1.72. The van der Waals surface area contributed by atoms with E-state index >= 15 is 0 Å². The normalized spacial score (nSPS) is 17.1. The van der Waals surface area contributed by atoms with Gasteiger partial charge in [0.2, 0.25) is 5.91 Å². The molecule has 1 aliphatic heterocycles. The lowest BCUT2D eigenvalue weighted by molar-refractivity contribution is -0.119. The van der Waals surface area contributed by atoms with E-state index in [9.17, 15) is 9.59 Å². The molecule has 1 aromatic carbocycles. The summed E-state index contributed by atoms with van der Waals surface area (Å²) >= 11 is 0. The zero-order valence-electron chi connectivity index (χ0n) is 12.1. The largest absolute Gasteiger partial charge is 0.497 e. The molecule has 22 heavy (non-hydrogen) atoms. The van der Waals surface area contributed by atoms with E-state index in [1.165, 1.54) is 0 Å². The van der Waals surface area contributed by atoms with Gasteiger partial charge in [0.25, 0.3) is 5.91 Å². The van der Waals surface area contributed by atoms with E-state index in [2.05, 4.69) is 20.8 Å². The molecular weight excluding hydrogens is 284 g/mol. The number of ether oxygens (including phenoxy) is 1. The molecule has 0 bridgehead atoms. The Morgan fingerprint density at radius 3 is 3.00 bits per heavy atom. The van der Waals surface area contributed by atoms with Gasteiger partial charge in [0, 0.05) is 18.5 Å². The molecular formula is C15H16N4O3. The lowest BCUT2D eigenvalue weighted by atomic mass is 10.1. The Labute approximate surface area is 127 Å². The zero-order chi connectivity index (χ0) is 15.5. The van der Waals surface area contributed by atoms with E-state index in [1.807, 2.05) is 24.3 Å². The van der Waals surface area contributed by atoms with Crippen LogP contribution in [0.25, 0.3) is 11.3 Å². The third kappa shape index (κ3) is 2.93.